The minimum Gasteiger partial charge on any atom is -0.406 e. The van der Waals surface area contributed by atoms with Crippen LogP contribution in [0.2, 0.25) is 0 Å². The van der Waals surface area contributed by atoms with Gasteiger partial charge in [0.2, 0.25) is 0 Å². The summed E-state index contributed by atoms with van der Waals surface area (Å²) in [4.78, 5) is 4.52. The number of hydrogen-bond acceptors (Lipinski definition) is 4. The number of thiocarbonyl (C=S) groups is 1. The molecular weight excluding hydrogens is 506 g/mol. The average Bonchev–Trinajstić information content (AvgIpc) is 3.29. The summed E-state index contributed by atoms with van der Waals surface area (Å²) in [6.07, 6.45) is -1.54. The zero-order chi connectivity index (χ0) is 26.0. The standard InChI is InChI=1S/C26H17F4N5OS/c27-21-3-1-2-4-22(21)33-25(37)34-32-14-16-5-11-20-17(13-16)6-12-23-24(20)31-15-35(23)18-7-9-19(10-8-18)36-26(28,29)30/h1-15H,(H2,33,34,37). The zero-order valence-corrected chi connectivity index (χ0v) is 19.6. The number of nitrogens with zero attached hydrogens (tertiary/aromatic N) is 3. The summed E-state index contributed by atoms with van der Waals surface area (Å²) < 4.78 is 56.7. The number of imidazole rings is 1. The van der Waals surface area contributed by atoms with Crippen molar-refractivity contribution in [3.05, 3.63) is 96.6 Å². The maximum Gasteiger partial charge on any atom is 0.573 e. The molecule has 0 saturated carbocycles. The van der Waals surface area contributed by atoms with Crippen LogP contribution >= 0.6 is 12.2 Å². The Morgan fingerprint density at radius 1 is 1.00 bits per heavy atom. The average molecular weight is 524 g/mol. The van der Waals surface area contributed by atoms with Crippen LogP contribution in [0.4, 0.5) is 23.2 Å². The minimum atomic E-state index is -4.74. The number of hydrogen-bond donors (Lipinski definition) is 2. The normalized spacial score (nSPS) is 11.8. The molecule has 1 heterocycles. The van der Waals surface area contributed by atoms with E-state index in [2.05, 4.69) is 25.6 Å². The largest absolute Gasteiger partial charge is 0.573 e. The lowest BCUT2D eigenvalue weighted by atomic mass is 10.1. The fourth-order valence-electron chi connectivity index (χ4n) is 3.80. The van der Waals surface area contributed by atoms with E-state index >= 15 is 0 Å². The van der Waals surface area contributed by atoms with Gasteiger partial charge >= 0.3 is 6.36 Å². The van der Waals surface area contributed by atoms with Gasteiger partial charge in [-0.05, 0) is 71.7 Å². The second-order valence-electron chi connectivity index (χ2n) is 7.87. The van der Waals surface area contributed by atoms with E-state index in [1.807, 2.05) is 30.3 Å². The Balaban J connectivity index is 1.32. The Labute approximate surface area is 213 Å². The van der Waals surface area contributed by atoms with Gasteiger partial charge in [-0.1, -0.05) is 30.3 Å². The van der Waals surface area contributed by atoms with Crippen molar-refractivity contribution in [2.24, 2.45) is 5.10 Å². The van der Waals surface area contributed by atoms with E-state index in [4.69, 9.17) is 12.2 Å². The second kappa shape index (κ2) is 9.86. The SMILES string of the molecule is Fc1ccccc1NC(=S)NN=Cc1ccc2c(ccc3c2ncn3-c2ccc(OC(F)(F)F)cc2)c1. The van der Waals surface area contributed by atoms with Crippen LogP contribution in [0.3, 0.4) is 0 Å². The van der Waals surface area contributed by atoms with E-state index in [9.17, 15) is 17.6 Å². The number of nitrogens with one attached hydrogen (secondary N) is 2. The van der Waals surface area contributed by atoms with E-state index in [1.54, 1.807) is 35.3 Å². The van der Waals surface area contributed by atoms with E-state index in [0.29, 0.717) is 5.69 Å². The van der Waals surface area contributed by atoms with Crippen molar-refractivity contribution in [3.63, 3.8) is 0 Å². The lowest BCUT2D eigenvalue weighted by molar-refractivity contribution is -0.274. The topological polar surface area (TPSA) is 63.5 Å². The molecule has 5 aromatic rings. The molecule has 0 atom stereocenters. The van der Waals surface area contributed by atoms with Crippen molar-refractivity contribution in [3.8, 4) is 11.4 Å². The van der Waals surface area contributed by atoms with Gasteiger partial charge in [-0.3, -0.25) is 9.99 Å². The first-order valence-corrected chi connectivity index (χ1v) is 11.3. The molecule has 0 aliphatic heterocycles. The molecular formula is C26H17F4N5OS. The molecule has 1 aromatic heterocycles. The Hall–Kier alpha value is -4.51. The first kappa shape index (κ1) is 24.2. The third-order valence-corrected chi connectivity index (χ3v) is 5.60. The van der Waals surface area contributed by atoms with E-state index in [0.717, 1.165) is 27.4 Å². The lowest BCUT2D eigenvalue weighted by Crippen LogP contribution is -2.24. The monoisotopic (exact) mass is 523 g/mol. The maximum absolute atomic E-state index is 13.7. The molecule has 4 aromatic carbocycles. The van der Waals surface area contributed by atoms with Crippen LogP contribution in [0.1, 0.15) is 5.56 Å². The number of ether oxygens (including phenoxy) is 1. The molecule has 0 bridgehead atoms. The van der Waals surface area contributed by atoms with Crippen molar-refractivity contribution >= 4 is 51.0 Å². The molecule has 11 heteroatoms. The number of alkyl halides is 3. The highest BCUT2D eigenvalue weighted by molar-refractivity contribution is 7.80. The van der Waals surface area contributed by atoms with Crippen LogP contribution in [0.5, 0.6) is 5.75 Å². The number of benzene rings is 4. The Bertz CT molecular complexity index is 1630. The van der Waals surface area contributed by atoms with Crippen molar-refractivity contribution in [2.75, 3.05) is 5.32 Å². The second-order valence-corrected chi connectivity index (χ2v) is 8.28. The van der Waals surface area contributed by atoms with Crippen molar-refractivity contribution in [1.82, 2.24) is 15.0 Å². The number of para-hydroxylation sites is 1. The molecule has 186 valence electrons. The molecule has 5 rings (SSSR count). The number of halogens is 4. The molecule has 0 aliphatic rings. The van der Waals surface area contributed by atoms with Gasteiger partial charge in [0.05, 0.1) is 22.9 Å². The number of hydrazone groups is 1. The fourth-order valence-corrected chi connectivity index (χ4v) is 3.96. The quantitative estimate of drug-likeness (QED) is 0.119. The fraction of sp³-hybridized carbons (Fsp3) is 0.0385. The third-order valence-electron chi connectivity index (χ3n) is 5.41. The highest BCUT2D eigenvalue weighted by Gasteiger charge is 2.31. The van der Waals surface area contributed by atoms with Crippen LogP contribution in [0.15, 0.2) is 90.3 Å². The van der Waals surface area contributed by atoms with Gasteiger partial charge < -0.3 is 10.1 Å². The summed E-state index contributed by atoms with van der Waals surface area (Å²) >= 11 is 5.14. The molecule has 0 amide bonds. The van der Waals surface area contributed by atoms with Crippen LogP contribution in [-0.4, -0.2) is 27.2 Å². The molecule has 6 nitrogen and oxygen atoms in total. The summed E-state index contributed by atoms with van der Waals surface area (Å²) in [5.74, 6) is -0.718. The summed E-state index contributed by atoms with van der Waals surface area (Å²) in [7, 11) is 0. The first-order valence-electron chi connectivity index (χ1n) is 10.9. The summed E-state index contributed by atoms with van der Waals surface area (Å²) in [6, 6.07) is 21.3. The molecule has 0 saturated heterocycles. The molecule has 0 spiro atoms. The van der Waals surface area contributed by atoms with Gasteiger partial charge in [0, 0.05) is 11.1 Å². The van der Waals surface area contributed by atoms with Gasteiger partial charge in [0.1, 0.15) is 17.9 Å². The van der Waals surface area contributed by atoms with E-state index in [1.165, 1.54) is 30.3 Å². The van der Waals surface area contributed by atoms with E-state index in [-0.39, 0.29) is 16.5 Å². The Morgan fingerprint density at radius 3 is 2.54 bits per heavy atom. The van der Waals surface area contributed by atoms with Crippen LogP contribution in [-0.2, 0) is 0 Å². The highest BCUT2D eigenvalue weighted by Crippen LogP contribution is 2.28. The van der Waals surface area contributed by atoms with Gasteiger partial charge in [-0.15, -0.1) is 13.2 Å². The van der Waals surface area contributed by atoms with Crippen molar-refractivity contribution in [1.29, 1.82) is 0 Å². The van der Waals surface area contributed by atoms with Crippen LogP contribution in [0.25, 0.3) is 27.5 Å². The number of fused-ring (bicyclic) bond motifs is 3. The number of aromatic nitrogens is 2. The van der Waals surface area contributed by atoms with Crippen LogP contribution < -0.4 is 15.5 Å². The number of rotatable bonds is 5. The zero-order valence-electron chi connectivity index (χ0n) is 18.8. The summed E-state index contributed by atoms with van der Waals surface area (Å²) in [5.41, 5.74) is 5.88. The molecule has 0 fully saturated rings. The number of anilines is 1. The predicted octanol–water partition coefficient (Wildman–Crippen LogP) is 6.54. The Morgan fingerprint density at radius 2 is 1.78 bits per heavy atom. The highest BCUT2D eigenvalue weighted by atomic mass is 32.1. The summed E-state index contributed by atoms with van der Waals surface area (Å²) in [5, 5.41) is 8.81. The molecule has 2 N–H and O–H groups in total. The van der Waals surface area contributed by atoms with Gasteiger partial charge in [-0.25, -0.2) is 9.37 Å². The molecule has 0 unspecified atom stereocenters. The van der Waals surface area contributed by atoms with Gasteiger partial charge in [0.25, 0.3) is 0 Å². The predicted molar refractivity (Wildman–Crippen MR) is 139 cm³/mol. The Kier molecular flexibility index (Phi) is 6.45. The minimum absolute atomic E-state index is 0.146. The molecule has 37 heavy (non-hydrogen) atoms. The maximum atomic E-state index is 13.7. The van der Waals surface area contributed by atoms with Crippen molar-refractivity contribution in [2.45, 2.75) is 6.36 Å². The van der Waals surface area contributed by atoms with Crippen LogP contribution in [0, 0.1) is 5.82 Å². The molecule has 0 radical (unpaired) electrons. The van der Waals surface area contributed by atoms with Gasteiger partial charge in [0.15, 0.2) is 5.11 Å². The third kappa shape index (κ3) is 5.51. The lowest BCUT2D eigenvalue weighted by Gasteiger charge is -2.10. The van der Waals surface area contributed by atoms with E-state index < -0.39 is 12.2 Å². The molecule has 0 aliphatic carbocycles. The summed E-state index contributed by atoms with van der Waals surface area (Å²) in [6.45, 7) is 0. The first-order chi connectivity index (χ1) is 17.8. The van der Waals surface area contributed by atoms with Gasteiger partial charge in [-0.2, -0.15) is 5.10 Å². The smallest absolute Gasteiger partial charge is 0.406 e. The van der Waals surface area contributed by atoms with Crippen molar-refractivity contribution < 1.29 is 22.3 Å².